The number of nitrogens with zero attached hydrogens (tertiary/aromatic N) is 7. The van der Waals surface area contributed by atoms with Crippen LogP contribution >= 0.6 is 0 Å². The number of fused-ring (bicyclic) bond motifs is 1. The van der Waals surface area contributed by atoms with Crippen molar-refractivity contribution in [2.45, 2.75) is 0 Å². The molecule has 2 aromatic heterocycles. The zero-order chi connectivity index (χ0) is 11.0. The number of nitriles is 3. The zero-order valence-corrected chi connectivity index (χ0v) is 7.63. The number of rotatable bonds is 0. The van der Waals surface area contributed by atoms with Crippen LogP contribution in [0, 0.1) is 34.0 Å². The maximum absolute atomic E-state index is 8.78. The quantitative estimate of drug-likeness (QED) is 0.575. The first-order valence-electron chi connectivity index (χ1n) is 3.88. The van der Waals surface area contributed by atoms with E-state index in [2.05, 4.69) is 9.97 Å². The van der Waals surface area contributed by atoms with E-state index in [0.29, 0.717) is 0 Å². The number of hydrogen-bond acceptors (Lipinski definition) is 5. The fourth-order valence-electron chi connectivity index (χ4n) is 1.30. The van der Waals surface area contributed by atoms with Crippen LogP contribution < -0.4 is 0 Å². The van der Waals surface area contributed by atoms with Crippen molar-refractivity contribution < 1.29 is 0 Å². The van der Waals surface area contributed by atoms with Crippen LogP contribution in [0.15, 0.2) is 0 Å². The maximum Gasteiger partial charge on any atom is 0.235 e. The number of imidazole rings is 1. The van der Waals surface area contributed by atoms with E-state index < -0.39 is 0 Å². The van der Waals surface area contributed by atoms with E-state index in [9.17, 15) is 0 Å². The van der Waals surface area contributed by atoms with Gasteiger partial charge in [-0.25, -0.2) is 9.50 Å². The van der Waals surface area contributed by atoms with E-state index in [-0.39, 0.29) is 23.0 Å². The van der Waals surface area contributed by atoms with E-state index >= 15 is 0 Å². The molecule has 2 aromatic rings. The molecule has 0 unspecified atom stereocenters. The smallest absolute Gasteiger partial charge is 0.235 e. The third-order valence-electron chi connectivity index (χ3n) is 1.95. The highest BCUT2D eigenvalue weighted by atomic mass is 15.4. The van der Waals surface area contributed by atoms with E-state index in [1.165, 1.54) is 9.20 Å². The predicted octanol–water partition coefficient (Wildman–Crippen LogP) is -0.317. The summed E-state index contributed by atoms with van der Waals surface area (Å²) in [5.41, 5.74) is 0.275. The summed E-state index contributed by atoms with van der Waals surface area (Å²) in [5, 5.41) is 26.3. The second-order valence-electron chi connectivity index (χ2n) is 2.71. The van der Waals surface area contributed by atoms with Crippen LogP contribution in [-0.2, 0) is 7.05 Å². The summed E-state index contributed by atoms with van der Waals surface area (Å²) in [5.74, 6) is 0.165. The topological polar surface area (TPSA) is 106 Å². The third kappa shape index (κ3) is 0.962. The van der Waals surface area contributed by atoms with Crippen molar-refractivity contribution in [1.82, 2.24) is 19.2 Å². The van der Waals surface area contributed by atoms with Crippen LogP contribution in [0.3, 0.4) is 0 Å². The summed E-state index contributed by atoms with van der Waals surface area (Å²) in [6.07, 6.45) is 0. The standard InChI is InChI=1S/C8H3N7/c1-14-6(3-10)13-8-5(2-9)12-7(4-11)15(8)14/h1H3. The molecule has 0 radical (unpaired) electrons. The van der Waals surface area contributed by atoms with Gasteiger partial charge in [-0.2, -0.15) is 20.8 Å². The van der Waals surface area contributed by atoms with Crippen LogP contribution in [0.25, 0.3) is 5.65 Å². The Morgan fingerprint density at radius 3 is 2.20 bits per heavy atom. The Morgan fingerprint density at radius 1 is 1.00 bits per heavy atom. The zero-order valence-electron chi connectivity index (χ0n) is 7.63. The molecule has 0 fully saturated rings. The molecule has 0 aliphatic rings. The van der Waals surface area contributed by atoms with Gasteiger partial charge in [0.1, 0.15) is 18.2 Å². The predicted molar refractivity (Wildman–Crippen MR) is 46.1 cm³/mol. The Labute approximate surface area is 84.0 Å². The highest BCUT2D eigenvalue weighted by Crippen LogP contribution is 2.11. The normalized spacial score (nSPS) is 9.47. The van der Waals surface area contributed by atoms with Gasteiger partial charge in [-0.15, -0.1) is 0 Å². The van der Waals surface area contributed by atoms with E-state index in [0.717, 1.165) is 0 Å². The van der Waals surface area contributed by atoms with Crippen molar-refractivity contribution in [3.63, 3.8) is 0 Å². The molecular formula is C8H3N7. The Bertz CT molecular complexity index is 667. The number of hydrogen-bond donors (Lipinski definition) is 0. The molecule has 0 aromatic carbocycles. The molecule has 7 nitrogen and oxygen atoms in total. The van der Waals surface area contributed by atoms with Crippen LogP contribution in [0.4, 0.5) is 0 Å². The van der Waals surface area contributed by atoms with Gasteiger partial charge in [-0.05, 0) is 0 Å². The lowest BCUT2D eigenvalue weighted by molar-refractivity contribution is 0.683. The van der Waals surface area contributed by atoms with Gasteiger partial charge in [0.25, 0.3) is 0 Å². The lowest BCUT2D eigenvalue weighted by Crippen LogP contribution is -2.03. The molecular weight excluding hydrogens is 194 g/mol. The van der Waals surface area contributed by atoms with Crippen molar-refractivity contribution in [1.29, 1.82) is 15.8 Å². The maximum atomic E-state index is 8.78. The van der Waals surface area contributed by atoms with Gasteiger partial charge in [0.05, 0.1) is 0 Å². The molecule has 0 spiro atoms. The lowest BCUT2D eigenvalue weighted by Gasteiger charge is -1.93. The first-order valence-corrected chi connectivity index (χ1v) is 3.88. The Morgan fingerprint density at radius 2 is 1.67 bits per heavy atom. The highest BCUT2D eigenvalue weighted by molar-refractivity contribution is 5.54. The highest BCUT2D eigenvalue weighted by Gasteiger charge is 2.17. The van der Waals surface area contributed by atoms with Crippen LogP contribution in [0.2, 0.25) is 0 Å². The Kier molecular flexibility index (Phi) is 1.65. The Hall–Kier alpha value is -2.85. The van der Waals surface area contributed by atoms with Crippen LogP contribution in [0.1, 0.15) is 17.3 Å². The monoisotopic (exact) mass is 197 g/mol. The van der Waals surface area contributed by atoms with Gasteiger partial charge in [-0.3, -0.25) is 4.68 Å². The minimum Gasteiger partial charge on any atom is -0.254 e. The molecule has 0 aliphatic heterocycles. The molecule has 0 saturated carbocycles. The molecule has 15 heavy (non-hydrogen) atoms. The summed E-state index contributed by atoms with van der Waals surface area (Å²) in [6.45, 7) is 0. The van der Waals surface area contributed by atoms with Gasteiger partial charge >= 0.3 is 0 Å². The van der Waals surface area contributed by atoms with Gasteiger partial charge in [0.2, 0.25) is 11.6 Å². The molecule has 0 bridgehead atoms. The van der Waals surface area contributed by atoms with Crippen LogP contribution in [-0.4, -0.2) is 19.2 Å². The summed E-state index contributed by atoms with van der Waals surface area (Å²) in [7, 11) is 1.57. The van der Waals surface area contributed by atoms with Gasteiger partial charge in [0.15, 0.2) is 11.3 Å². The molecule has 0 amide bonds. The van der Waals surface area contributed by atoms with E-state index in [1.54, 1.807) is 7.05 Å². The largest absolute Gasteiger partial charge is 0.254 e. The average Bonchev–Trinajstić information content (AvgIpc) is 2.76. The van der Waals surface area contributed by atoms with E-state index in [1.807, 2.05) is 18.2 Å². The molecule has 0 aliphatic carbocycles. The Balaban J connectivity index is 2.99. The molecule has 2 rings (SSSR count). The molecule has 0 saturated heterocycles. The summed E-state index contributed by atoms with van der Waals surface area (Å²) >= 11 is 0. The minimum atomic E-state index is 0.0399. The lowest BCUT2D eigenvalue weighted by atomic mass is 10.5. The van der Waals surface area contributed by atoms with E-state index in [4.69, 9.17) is 15.8 Å². The van der Waals surface area contributed by atoms with Gasteiger partial charge in [-0.1, -0.05) is 0 Å². The van der Waals surface area contributed by atoms with Gasteiger partial charge in [0, 0.05) is 7.05 Å². The fraction of sp³-hybridized carbons (Fsp3) is 0.125. The number of aromatic nitrogens is 4. The summed E-state index contributed by atoms with van der Waals surface area (Å²) < 4.78 is 2.71. The third-order valence-corrected chi connectivity index (χ3v) is 1.95. The van der Waals surface area contributed by atoms with Crippen molar-refractivity contribution in [3.8, 4) is 18.2 Å². The first kappa shape index (κ1) is 8.74. The molecule has 0 N–H and O–H groups in total. The molecule has 7 heteroatoms. The van der Waals surface area contributed by atoms with Crippen molar-refractivity contribution in [2.75, 3.05) is 0 Å². The minimum absolute atomic E-state index is 0.0399. The molecule has 0 atom stereocenters. The van der Waals surface area contributed by atoms with Crippen molar-refractivity contribution in [2.24, 2.45) is 7.05 Å². The SMILES string of the molecule is Cn1c(C#N)nc2c(C#N)nc(C#N)n21. The molecule has 70 valence electrons. The van der Waals surface area contributed by atoms with Crippen LogP contribution in [0.5, 0.6) is 0 Å². The van der Waals surface area contributed by atoms with Crippen molar-refractivity contribution in [3.05, 3.63) is 17.3 Å². The van der Waals surface area contributed by atoms with Crippen molar-refractivity contribution >= 4 is 5.65 Å². The number of aryl methyl sites for hydroxylation is 1. The fourth-order valence-corrected chi connectivity index (χ4v) is 1.30. The second-order valence-corrected chi connectivity index (χ2v) is 2.71. The average molecular weight is 197 g/mol. The summed E-state index contributed by atoms with van der Waals surface area (Å²) in [4.78, 5) is 7.67. The second kappa shape index (κ2) is 2.83. The molecule has 2 heterocycles. The first-order chi connectivity index (χ1) is 7.22. The summed E-state index contributed by atoms with van der Waals surface area (Å²) in [6, 6.07) is 5.51. The van der Waals surface area contributed by atoms with Gasteiger partial charge < -0.3 is 0 Å².